The lowest BCUT2D eigenvalue weighted by molar-refractivity contribution is -0.135. The summed E-state index contributed by atoms with van der Waals surface area (Å²) in [5, 5.41) is 0.515. The first-order chi connectivity index (χ1) is 13.5. The van der Waals surface area contributed by atoms with Crippen molar-refractivity contribution in [3.05, 3.63) is 28.3 Å². The molecule has 0 bridgehead atoms. The molecule has 2 saturated carbocycles. The zero-order valence-electron chi connectivity index (χ0n) is 16.6. The van der Waals surface area contributed by atoms with Crippen molar-refractivity contribution < 1.29 is 4.79 Å². The minimum Gasteiger partial charge on any atom is -0.348 e. The van der Waals surface area contributed by atoms with Crippen molar-refractivity contribution in [2.24, 2.45) is 11.3 Å². The Morgan fingerprint density at radius 3 is 2.64 bits per heavy atom. The third kappa shape index (κ3) is 2.79. The van der Waals surface area contributed by atoms with Gasteiger partial charge < -0.3 is 9.80 Å². The molecule has 2 aromatic rings. The number of anilines is 1. The molecule has 2 aliphatic carbocycles. The number of carbonyl (C=O) groups is 1. The summed E-state index contributed by atoms with van der Waals surface area (Å²) in [6.07, 6.45) is 8.40. The quantitative estimate of drug-likeness (QED) is 0.882. The summed E-state index contributed by atoms with van der Waals surface area (Å²) in [4.78, 5) is 40.8. The van der Waals surface area contributed by atoms with Crippen LogP contribution < -0.4 is 10.5 Å². The fourth-order valence-corrected chi connectivity index (χ4v) is 4.97. The molecule has 2 aromatic heterocycles. The van der Waals surface area contributed by atoms with Crippen LogP contribution in [0.1, 0.15) is 50.1 Å². The van der Waals surface area contributed by atoms with Crippen LogP contribution in [0.15, 0.2) is 17.1 Å². The number of aromatic amines is 1. The number of piperidine rings is 1. The van der Waals surface area contributed by atoms with Gasteiger partial charge in [0.05, 0.1) is 10.9 Å². The summed E-state index contributed by atoms with van der Waals surface area (Å²) < 4.78 is 0. The average molecular weight is 381 g/mol. The fourth-order valence-electron chi connectivity index (χ4n) is 4.97. The number of hydrogen-bond donors (Lipinski definition) is 1. The second-order valence-corrected chi connectivity index (χ2v) is 8.98. The van der Waals surface area contributed by atoms with Crippen molar-refractivity contribution in [3.8, 4) is 0 Å². The van der Waals surface area contributed by atoms with Crippen molar-refractivity contribution in [2.75, 3.05) is 32.1 Å². The molecule has 1 N–H and O–H groups in total. The van der Waals surface area contributed by atoms with E-state index in [1.54, 1.807) is 11.1 Å². The Kier molecular flexibility index (Phi) is 3.96. The van der Waals surface area contributed by atoms with Gasteiger partial charge in [-0.1, -0.05) is 6.42 Å². The summed E-state index contributed by atoms with van der Waals surface area (Å²) in [6, 6.07) is 1.95. The number of likely N-dealkylation sites (tertiary alicyclic amines) is 1. The van der Waals surface area contributed by atoms with E-state index in [-0.39, 0.29) is 5.56 Å². The highest BCUT2D eigenvalue weighted by molar-refractivity contribution is 5.83. The molecule has 7 nitrogen and oxygen atoms in total. The zero-order valence-corrected chi connectivity index (χ0v) is 16.6. The van der Waals surface area contributed by atoms with Gasteiger partial charge in [-0.05, 0) is 43.6 Å². The van der Waals surface area contributed by atoms with Gasteiger partial charge in [-0.25, -0.2) is 4.98 Å². The van der Waals surface area contributed by atoms with E-state index in [0.29, 0.717) is 40.0 Å². The van der Waals surface area contributed by atoms with Gasteiger partial charge in [0.25, 0.3) is 5.56 Å². The molecule has 0 aromatic carbocycles. The molecule has 1 aliphatic heterocycles. The van der Waals surface area contributed by atoms with Crippen LogP contribution in [-0.2, 0) is 4.79 Å². The van der Waals surface area contributed by atoms with Crippen molar-refractivity contribution in [2.45, 2.75) is 44.4 Å². The SMILES string of the molecule is CN(C)c1nc2cc(C3CCN(C(=O)[C@@H]4CC45CCC5)CC3)ncc2c(=O)[nH]1. The van der Waals surface area contributed by atoms with Crippen molar-refractivity contribution in [1.82, 2.24) is 19.9 Å². The zero-order chi connectivity index (χ0) is 19.5. The third-order valence-electron chi connectivity index (χ3n) is 7.09. The van der Waals surface area contributed by atoms with Gasteiger partial charge in [-0.2, -0.15) is 0 Å². The Hall–Kier alpha value is -2.44. The van der Waals surface area contributed by atoms with Crippen LogP contribution in [0, 0.1) is 11.3 Å². The van der Waals surface area contributed by atoms with E-state index < -0.39 is 0 Å². The van der Waals surface area contributed by atoms with E-state index in [2.05, 4.69) is 19.9 Å². The van der Waals surface area contributed by atoms with Crippen LogP contribution in [0.2, 0.25) is 0 Å². The molecule has 3 fully saturated rings. The Morgan fingerprint density at radius 2 is 2.04 bits per heavy atom. The van der Waals surface area contributed by atoms with E-state index >= 15 is 0 Å². The van der Waals surface area contributed by atoms with Crippen molar-refractivity contribution in [3.63, 3.8) is 0 Å². The first-order valence-corrected chi connectivity index (χ1v) is 10.3. The lowest BCUT2D eigenvalue weighted by atomic mass is 9.79. The Bertz CT molecular complexity index is 986. The van der Waals surface area contributed by atoms with E-state index in [1.165, 1.54) is 19.3 Å². The van der Waals surface area contributed by atoms with Crippen molar-refractivity contribution >= 4 is 22.8 Å². The number of aromatic nitrogens is 3. The number of fused-ring (bicyclic) bond motifs is 1. The van der Waals surface area contributed by atoms with Crippen LogP contribution in [0.25, 0.3) is 10.9 Å². The lowest BCUT2D eigenvalue weighted by Crippen LogP contribution is -2.40. The van der Waals surface area contributed by atoms with E-state index in [1.807, 2.05) is 20.2 Å². The summed E-state index contributed by atoms with van der Waals surface area (Å²) in [5.41, 5.74) is 1.89. The maximum absolute atomic E-state index is 12.8. The van der Waals surface area contributed by atoms with Gasteiger partial charge in [-0.3, -0.25) is 19.6 Å². The molecule has 3 aliphatic rings. The van der Waals surface area contributed by atoms with Crippen LogP contribution in [-0.4, -0.2) is 52.9 Å². The van der Waals surface area contributed by atoms with E-state index in [9.17, 15) is 9.59 Å². The topological polar surface area (TPSA) is 82.2 Å². The summed E-state index contributed by atoms with van der Waals surface area (Å²) in [5.74, 6) is 1.55. The molecule has 1 spiro atoms. The summed E-state index contributed by atoms with van der Waals surface area (Å²) in [6.45, 7) is 1.61. The highest BCUT2D eigenvalue weighted by Gasteiger charge is 2.61. The van der Waals surface area contributed by atoms with Crippen molar-refractivity contribution in [1.29, 1.82) is 0 Å². The molecule has 0 unspecified atom stereocenters. The van der Waals surface area contributed by atoms with E-state index in [0.717, 1.165) is 38.0 Å². The normalized spacial score (nSPS) is 23.6. The molecule has 7 heteroatoms. The predicted octanol–water partition coefficient (Wildman–Crippen LogP) is 2.28. The number of rotatable bonds is 3. The smallest absolute Gasteiger partial charge is 0.261 e. The Labute approximate surface area is 164 Å². The fraction of sp³-hybridized carbons (Fsp3) is 0.619. The number of nitrogens with zero attached hydrogens (tertiary/aromatic N) is 4. The van der Waals surface area contributed by atoms with Gasteiger partial charge >= 0.3 is 0 Å². The molecule has 1 atom stereocenters. The second-order valence-electron chi connectivity index (χ2n) is 8.98. The van der Waals surface area contributed by atoms with Gasteiger partial charge in [0.2, 0.25) is 11.9 Å². The number of nitrogens with one attached hydrogen (secondary N) is 1. The van der Waals surface area contributed by atoms with Gasteiger partial charge in [-0.15, -0.1) is 0 Å². The van der Waals surface area contributed by atoms with Gasteiger partial charge in [0.1, 0.15) is 0 Å². The lowest BCUT2D eigenvalue weighted by Gasteiger charge is -2.34. The second kappa shape index (κ2) is 6.29. The van der Waals surface area contributed by atoms with Crippen LogP contribution >= 0.6 is 0 Å². The summed E-state index contributed by atoms with van der Waals surface area (Å²) >= 11 is 0. The number of carbonyl (C=O) groups excluding carboxylic acids is 1. The molecule has 1 saturated heterocycles. The first kappa shape index (κ1) is 17.6. The summed E-state index contributed by atoms with van der Waals surface area (Å²) in [7, 11) is 3.71. The van der Waals surface area contributed by atoms with Crippen LogP contribution in [0.4, 0.5) is 5.95 Å². The third-order valence-corrected chi connectivity index (χ3v) is 7.09. The standard InChI is InChI=1S/C21H27N5O2/c1-25(2)20-23-17-10-16(22-12-14(17)18(27)24-20)13-4-8-26(9-5-13)19(28)15-11-21(15)6-3-7-21/h10,12-13,15H,3-9,11H2,1-2H3,(H,23,24,27)/t15-/m0/s1. The maximum Gasteiger partial charge on any atom is 0.261 e. The number of amides is 1. The van der Waals surface area contributed by atoms with Gasteiger partial charge in [0, 0.05) is 50.9 Å². The molecule has 28 heavy (non-hydrogen) atoms. The molecule has 5 rings (SSSR count). The highest BCUT2D eigenvalue weighted by atomic mass is 16.2. The van der Waals surface area contributed by atoms with Gasteiger partial charge in [0.15, 0.2) is 0 Å². The largest absolute Gasteiger partial charge is 0.348 e. The molecule has 148 valence electrons. The molecular weight excluding hydrogens is 354 g/mol. The average Bonchev–Trinajstić information content (AvgIpc) is 3.44. The number of pyridine rings is 1. The Morgan fingerprint density at radius 1 is 1.29 bits per heavy atom. The minimum absolute atomic E-state index is 0.164. The predicted molar refractivity (Wildman–Crippen MR) is 107 cm³/mol. The molecule has 1 amide bonds. The number of hydrogen-bond acceptors (Lipinski definition) is 5. The molecule has 0 radical (unpaired) electrons. The number of H-pyrrole nitrogens is 1. The maximum atomic E-state index is 12.8. The monoisotopic (exact) mass is 381 g/mol. The molecule has 3 heterocycles. The highest BCUT2D eigenvalue weighted by Crippen LogP contribution is 2.66. The first-order valence-electron chi connectivity index (χ1n) is 10.3. The Balaban J connectivity index is 1.30. The van der Waals surface area contributed by atoms with E-state index in [4.69, 9.17) is 0 Å². The molecular formula is C21H27N5O2. The van der Waals surface area contributed by atoms with Crippen LogP contribution in [0.5, 0.6) is 0 Å². The van der Waals surface area contributed by atoms with Crippen LogP contribution in [0.3, 0.4) is 0 Å². The minimum atomic E-state index is -0.164.